The summed E-state index contributed by atoms with van der Waals surface area (Å²) in [5, 5.41) is 3.81. The van der Waals surface area contributed by atoms with Gasteiger partial charge >= 0.3 is 0 Å². The number of anilines is 1. The molecule has 0 atom stereocenters. The second-order valence-corrected chi connectivity index (χ2v) is 9.01. The van der Waals surface area contributed by atoms with Crippen LogP contribution in [0.25, 0.3) is 31.4 Å². The van der Waals surface area contributed by atoms with Gasteiger partial charge in [0.05, 0.1) is 16.8 Å². The summed E-state index contributed by atoms with van der Waals surface area (Å²) in [6, 6.07) is 13.6. The molecule has 1 fully saturated rings. The van der Waals surface area contributed by atoms with E-state index in [4.69, 9.17) is 5.73 Å². The predicted molar refractivity (Wildman–Crippen MR) is 128 cm³/mol. The molecule has 4 aromatic rings. The van der Waals surface area contributed by atoms with Crippen LogP contribution in [0.3, 0.4) is 0 Å². The van der Waals surface area contributed by atoms with Gasteiger partial charge in [0.2, 0.25) is 5.91 Å². The van der Waals surface area contributed by atoms with E-state index in [2.05, 4.69) is 21.4 Å². The van der Waals surface area contributed by atoms with Crippen molar-refractivity contribution in [1.29, 1.82) is 0 Å². The van der Waals surface area contributed by atoms with Gasteiger partial charge in [0.15, 0.2) is 0 Å². The number of rotatable bonds is 4. The van der Waals surface area contributed by atoms with Crippen molar-refractivity contribution < 1.29 is 9.59 Å². The van der Waals surface area contributed by atoms with E-state index in [1.54, 1.807) is 17.4 Å². The van der Waals surface area contributed by atoms with Crippen LogP contribution in [0.5, 0.6) is 0 Å². The first-order valence-corrected chi connectivity index (χ1v) is 11.5. The lowest BCUT2D eigenvalue weighted by atomic mass is 10.0. The number of hydrogen-bond acceptors (Lipinski definition) is 6. The molecular weight excluding hydrogens is 422 g/mol. The molecule has 162 valence electrons. The summed E-state index contributed by atoms with van der Waals surface area (Å²) < 4.78 is 1.94. The van der Waals surface area contributed by atoms with E-state index in [1.165, 1.54) is 6.33 Å². The molecule has 1 aliphatic rings. The molecule has 0 unspecified atom stereocenters. The Bertz CT molecular complexity index is 1330. The van der Waals surface area contributed by atoms with Gasteiger partial charge in [0, 0.05) is 28.7 Å². The normalized spacial score (nSPS) is 14.1. The Hall–Kier alpha value is -3.52. The number of fused-ring (bicyclic) bond motifs is 3. The van der Waals surface area contributed by atoms with Crippen molar-refractivity contribution in [3.8, 4) is 11.1 Å². The molecular formula is C24H23N5O2S. The summed E-state index contributed by atoms with van der Waals surface area (Å²) in [5.41, 5.74) is 9.32. The predicted octanol–water partition coefficient (Wildman–Crippen LogP) is 3.84. The number of piperidine rings is 1. The molecule has 32 heavy (non-hydrogen) atoms. The molecule has 0 radical (unpaired) electrons. The maximum atomic E-state index is 12.7. The first-order chi connectivity index (χ1) is 15.6. The molecule has 2 amide bonds. The lowest BCUT2D eigenvalue weighted by Gasteiger charge is -2.26. The van der Waals surface area contributed by atoms with E-state index < -0.39 is 0 Å². The number of nitrogens with two attached hydrogens (primary N) is 1. The Morgan fingerprint density at radius 2 is 1.84 bits per heavy atom. The highest BCUT2D eigenvalue weighted by molar-refractivity contribution is 7.26. The molecule has 7 nitrogen and oxygen atoms in total. The number of nitrogen functional groups attached to an aromatic ring is 1. The van der Waals surface area contributed by atoms with Crippen molar-refractivity contribution in [2.75, 3.05) is 25.4 Å². The number of likely N-dealkylation sites (tertiary alicyclic amines) is 1. The second-order valence-electron chi connectivity index (χ2n) is 7.95. The zero-order chi connectivity index (χ0) is 22.1. The molecule has 3 heterocycles. The van der Waals surface area contributed by atoms with Crippen molar-refractivity contribution in [2.24, 2.45) is 0 Å². The lowest BCUT2D eigenvalue weighted by Crippen LogP contribution is -2.42. The Labute approximate surface area is 189 Å². The molecule has 0 bridgehead atoms. The summed E-state index contributed by atoms with van der Waals surface area (Å²) in [7, 11) is 0. The molecule has 5 rings (SSSR count). The number of thiophene rings is 1. The monoisotopic (exact) mass is 445 g/mol. The number of carbonyl (C=O) groups excluding carboxylic acids is 2. The summed E-state index contributed by atoms with van der Waals surface area (Å²) >= 11 is 1.56. The molecule has 2 aromatic carbocycles. The van der Waals surface area contributed by atoms with Gasteiger partial charge in [0.25, 0.3) is 5.91 Å². The van der Waals surface area contributed by atoms with Crippen LogP contribution in [-0.2, 0) is 4.79 Å². The highest BCUT2D eigenvalue weighted by Crippen LogP contribution is 2.37. The molecule has 0 aliphatic carbocycles. The summed E-state index contributed by atoms with van der Waals surface area (Å²) in [4.78, 5) is 35.3. The van der Waals surface area contributed by atoms with E-state index in [0.717, 1.165) is 63.8 Å². The number of nitrogens with one attached hydrogen (secondary N) is 1. The van der Waals surface area contributed by atoms with Gasteiger partial charge in [0.1, 0.15) is 12.1 Å². The van der Waals surface area contributed by atoms with Gasteiger partial charge in [-0.15, -0.1) is 11.3 Å². The second kappa shape index (κ2) is 8.55. The Balaban J connectivity index is 1.35. The molecule has 1 aliphatic heterocycles. The number of amides is 2. The number of aromatic nitrogens is 2. The van der Waals surface area contributed by atoms with E-state index in [1.807, 2.05) is 35.2 Å². The lowest BCUT2D eigenvalue weighted by molar-refractivity contribution is -0.130. The Morgan fingerprint density at radius 3 is 2.69 bits per heavy atom. The number of carbonyl (C=O) groups is 2. The molecule has 1 saturated heterocycles. The SMILES string of the molecule is Nc1ncnc2c1sc1cc(-c3cccc(C(=O)NCC(=O)N4CCCCC4)c3)ccc12. The van der Waals surface area contributed by atoms with Gasteiger partial charge in [-0.25, -0.2) is 9.97 Å². The third kappa shape index (κ3) is 3.89. The average Bonchev–Trinajstić information content (AvgIpc) is 3.22. The van der Waals surface area contributed by atoms with Crippen molar-refractivity contribution in [3.05, 3.63) is 54.4 Å². The van der Waals surface area contributed by atoms with Crippen LogP contribution < -0.4 is 11.1 Å². The van der Waals surface area contributed by atoms with Crippen LogP contribution in [-0.4, -0.2) is 46.3 Å². The zero-order valence-electron chi connectivity index (χ0n) is 17.5. The van der Waals surface area contributed by atoms with Crippen LogP contribution in [0.2, 0.25) is 0 Å². The smallest absolute Gasteiger partial charge is 0.251 e. The minimum Gasteiger partial charge on any atom is -0.382 e. The van der Waals surface area contributed by atoms with Crippen LogP contribution in [0.15, 0.2) is 48.8 Å². The van der Waals surface area contributed by atoms with Gasteiger partial charge in [-0.2, -0.15) is 0 Å². The Morgan fingerprint density at radius 1 is 1.03 bits per heavy atom. The van der Waals surface area contributed by atoms with E-state index in [9.17, 15) is 9.59 Å². The fourth-order valence-electron chi connectivity index (χ4n) is 4.12. The topological polar surface area (TPSA) is 101 Å². The molecule has 0 spiro atoms. The van der Waals surface area contributed by atoms with E-state index in [-0.39, 0.29) is 18.4 Å². The first kappa shape index (κ1) is 20.4. The number of benzene rings is 2. The fourth-order valence-corrected chi connectivity index (χ4v) is 5.22. The van der Waals surface area contributed by atoms with Crippen molar-refractivity contribution >= 4 is 49.3 Å². The standard InChI is InChI=1S/C24H23N5O2S/c25-23-22-21(27-14-28-23)18-8-7-16(12-19(18)32-22)15-5-4-6-17(11-15)24(31)26-13-20(30)29-9-2-1-3-10-29/h4-8,11-12,14H,1-3,9-10,13H2,(H,26,31)(H2,25,27,28). The number of hydrogen-bond donors (Lipinski definition) is 2. The van der Waals surface area contributed by atoms with Gasteiger partial charge in [-0.3, -0.25) is 9.59 Å². The average molecular weight is 446 g/mol. The quantitative estimate of drug-likeness (QED) is 0.497. The van der Waals surface area contributed by atoms with Gasteiger partial charge in [-0.05, 0) is 48.6 Å². The molecule has 8 heteroatoms. The largest absolute Gasteiger partial charge is 0.382 e. The summed E-state index contributed by atoms with van der Waals surface area (Å²) in [5.74, 6) is 0.213. The zero-order valence-corrected chi connectivity index (χ0v) is 18.3. The van der Waals surface area contributed by atoms with Crippen LogP contribution in [0.1, 0.15) is 29.6 Å². The Kier molecular flexibility index (Phi) is 5.45. The van der Waals surface area contributed by atoms with E-state index >= 15 is 0 Å². The third-order valence-electron chi connectivity index (χ3n) is 5.85. The van der Waals surface area contributed by atoms with Crippen molar-refractivity contribution in [3.63, 3.8) is 0 Å². The molecule has 0 saturated carbocycles. The minimum atomic E-state index is -0.247. The molecule has 3 N–H and O–H groups in total. The highest BCUT2D eigenvalue weighted by Gasteiger charge is 2.17. The highest BCUT2D eigenvalue weighted by atomic mass is 32.1. The summed E-state index contributed by atoms with van der Waals surface area (Å²) in [6.45, 7) is 1.59. The van der Waals surface area contributed by atoms with Crippen LogP contribution in [0.4, 0.5) is 5.82 Å². The maximum absolute atomic E-state index is 12.7. The van der Waals surface area contributed by atoms with Crippen LogP contribution in [0, 0.1) is 0 Å². The number of nitrogens with zero attached hydrogens (tertiary/aromatic N) is 3. The van der Waals surface area contributed by atoms with Crippen molar-refractivity contribution in [2.45, 2.75) is 19.3 Å². The maximum Gasteiger partial charge on any atom is 0.251 e. The molecule has 2 aromatic heterocycles. The minimum absolute atomic E-state index is 0.0215. The summed E-state index contributed by atoms with van der Waals surface area (Å²) in [6.07, 6.45) is 4.71. The van der Waals surface area contributed by atoms with Crippen molar-refractivity contribution in [1.82, 2.24) is 20.2 Å². The fraction of sp³-hybridized carbons (Fsp3) is 0.250. The van der Waals surface area contributed by atoms with Gasteiger partial charge < -0.3 is 16.0 Å². The van der Waals surface area contributed by atoms with Gasteiger partial charge in [-0.1, -0.05) is 24.3 Å². The first-order valence-electron chi connectivity index (χ1n) is 10.7. The van der Waals surface area contributed by atoms with Crippen LogP contribution >= 0.6 is 11.3 Å². The third-order valence-corrected chi connectivity index (χ3v) is 7.01. The van der Waals surface area contributed by atoms with E-state index in [0.29, 0.717) is 11.4 Å².